The number of aromatic nitrogens is 4. The van der Waals surface area contributed by atoms with Crippen LogP contribution in [0.2, 0.25) is 0 Å². The lowest BCUT2D eigenvalue weighted by Gasteiger charge is -2.07. The Morgan fingerprint density at radius 1 is 1.19 bits per heavy atom. The molecule has 162 valence electrons. The fourth-order valence-corrected chi connectivity index (χ4v) is 3.10. The summed E-state index contributed by atoms with van der Waals surface area (Å²) < 4.78 is 6.52. The zero-order chi connectivity index (χ0) is 22.5. The number of nitro groups is 1. The Morgan fingerprint density at radius 2 is 1.87 bits per heavy atom. The van der Waals surface area contributed by atoms with Crippen molar-refractivity contribution in [3.63, 3.8) is 0 Å². The number of aryl methyl sites for hydroxylation is 1. The van der Waals surface area contributed by atoms with Crippen molar-refractivity contribution in [1.29, 1.82) is 0 Å². The van der Waals surface area contributed by atoms with Crippen molar-refractivity contribution >= 4 is 33.6 Å². The number of hydrogen-bond acceptors (Lipinski definition) is 8. The second kappa shape index (κ2) is 9.47. The van der Waals surface area contributed by atoms with Crippen LogP contribution in [0.4, 0.5) is 5.82 Å². The second-order valence-corrected chi connectivity index (χ2v) is 7.27. The summed E-state index contributed by atoms with van der Waals surface area (Å²) in [6.07, 6.45) is 0. The van der Waals surface area contributed by atoms with Gasteiger partial charge in [-0.15, -0.1) is 0 Å². The number of nitrogens with zero attached hydrogens (tertiary/aromatic N) is 5. The van der Waals surface area contributed by atoms with E-state index >= 15 is 0 Å². The van der Waals surface area contributed by atoms with Crippen molar-refractivity contribution in [2.75, 3.05) is 13.1 Å². The molecule has 0 radical (unpaired) electrons. The van der Waals surface area contributed by atoms with Gasteiger partial charge in [-0.05, 0) is 46.3 Å². The van der Waals surface area contributed by atoms with Gasteiger partial charge in [0.25, 0.3) is 5.91 Å². The van der Waals surface area contributed by atoms with Gasteiger partial charge in [0.1, 0.15) is 11.0 Å². The lowest BCUT2D eigenvalue weighted by Crippen LogP contribution is -2.35. The average molecular weight is 492 g/mol. The van der Waals surface area contributed by atoms with Crippen LogP contribution in [0.5, 0.6) is 0 Å². The van der Waals surface area contributed by atoms with Crippen LogP contribution in [0, 0.1) is 24.0 Å². The molecule has 0 atom stereocenters. The highest BCUT2D eigenvalue weighted by atomic mass is 79.9. The normalized spacial score (nSPS) is 10.7. The van der Waals surface area contributed by atoms with E-state index in [1.54, 1.807) is 19.1 Å². The van der Waals surface area contributed by atoms with E-state index in [1.165, 1.54) is 4.68 Å². The summed E-state index contributed by atoms with van der Waals surface area (Å²) in [6, 6.07) is 7.18. The molecule has 0 unspecified atom stereocenters. The number of rotatable bonds is 8. The van der Waals surface area contributed by atoms with Crippen LogP contribution in [-0.4, -0.2) is 49.7 Å². The number of benzene rings is 1. The molecular weight excluding hydrogens is 474 g/mol. The summed E-state index contributed by atoms with van der Waals surface area (Å²) in [6.45, 7) is 3.84. The summed E-state index contributed by atoms with van der Waals surface area (Å²) >= 11 is 3.12. The lowest BCUT2D eigenvalue weighted by molar-refractivity contribution is -0.390. The number of halogens is 1. The first kappa shape index (κ1) is 22.1. The monoisotopic (exact) mass is 491 g/mol. The van der Waals surface area contributed by atoms with E-state index in [0.29, 0.717) is 11.3 Å². The zero-order valence-corrected chi connectivity index (χ0v) is 18.2. The predicted molar refractivity (Wildman–Crippen MR) is 111 cm³/mol. The predicted octanol–water partition coefficient (Wildman–Crippen LogP) is 1.76. The fraction of sp³-hybridized carbons (Fsp3) is 0.278. The summed E-state index contributed by atoms with van der Waals surface area (Å²) in [5.41, 5.74) is 1.93. The molecule has 0 aliphatic heterocycles. The van der Waals surface area contributed by atoms with Crippen LogP contribution in [0.15, 0.2) is 33.3 Å². The van der Waals surface area contributed by atoms with Gasteiger partial charge in [0.05, 0.1) is 10.8 Å². The van der Waals surface area contributed by atoms with Crippen molar-refractivity contribution in [2.45, 2.75) is 20.4 Å². The highest BCUT2D eigenvalue weighted by Gasteiger charge is 2.25. The van der Waals surface area contributed by atoms with E-state index in [4.69, 9.17) is 4.52 Å². The summed E-state index contributed by atoms with van der Waals surface area (Å²) in [4.78, 5) is 38.6. The van der Waals surface area contributed by atoms with E-state index in [0.717, 1.165) is 5.56 Å². The van der Waals surface area contributed by atoms with E-state index in [1.807, 2.05) is 19.1 Å². The quantitative estimate of drug-likeness (QED) is 0.274. The van der Waals surface area contributed by atoms with Crippen molar-refractivity contribution in [2.24, 2.45) is 0 Å². The van der Waals surface area contributed by atoms with Gasteiger partial charge in [0.2, 0.25) is 0 Å². The van der Waals surface area contributed by atoms with Gasteiger partial charge in [-0.2, -0.15) is 9.67 Å². The van der Waals surface area contributed by atoms with Gasteiger partial charge >= 0.3 is 17.6 Å². The van der Waals surface area contributed by atoms with Crippen LogP contribution in [0.25, 0.3) is 0 Å². The summed E-state index contributed by atoms with van der Waals surface area (Å²) in [5, 5.41) is 23.8. The molecule has 0 saturated heterocycles. The molecule has 2 amide bonds. The molecule has 0 bridgehead atoms. The summed E-state index contributed by atoms with van der Waals surface area (Å²) in [7, 11) is 0. The third-order valence-electron chi connectivity index (χ3n) is 4.33. The molecule has 2 heterocycles. The molecule has 3 aromatic rings. The smallest absolute Gasteiger partial charge is 0.358 e. The van der Waals surface area contributed by atoms with Crippen LogP contribution in [-0.2, 0) is 6.54 Å². The van der Waals surface area contributed by atoms with E-state index < -0.39 is 10.8 Å². The molecule has 2 N–H and O–H groups in total. The van der Waals surface area contributed by atoms with Crippen LogP contribution >= 0.6 is 15.9 Å². The molecule has 12 nitrogen and oxygen atoms in total. The first-order valence-electron chi connectivity index (χ1n) is 9.09. The molecule has 0 spiro atoms. The van der Waals surface area contributed by atoms with Crippen molar-refractivity contribution in [3.05, 3.63) is 67.4 Å². The molecule has 0 aliphatic carbocycles. The molecule has 31 heavy (non-hydrogen) atoms. The maximum absolute atomic E-state index is 12.2. The highest BCUT2D eigenvalue weighted by molar-refractivity contribution is 9.10. The van der Waals surface area contributed by atoms with Crippen molar-refractivity contribution in [1.82, 2.24) is 30.6 Å². The van der Waals surface area contributed by atoms with Gasteiger partial charge in [0.15, 0.2) is 5.82 Å². The van der Waals surface area contributed by atoms with E-state index in [2.05, 4.69) is 41.8 Å². The van der Waals surface area contributed by atoms with Crippen molar-refractivity contribution < 1.29 is 19.0 Å². The molecule has 0 aliphatic rings. The van der Waals surface area contributed by atoms with Crippen molar-refractivity contribution in [3.8, 4) is 0 Å². The first-order chi connectivity index (χ1) is 14.8. The molecule has 0 saturated carbocycles. The van der Waals surface area contributed by atoms with Gasteiger partial charge in [-0.25, -0.2) is 0 Å². The Labute approximate surface area is 184 Å². The fourth-order valence-electron chi connectivity index (χ4n) is 2.67. The Kier molecular flexibility index (Phi) is 6.74. The Hall–Kier alpha value is -3.61. The number of carbonyl (C=O) groups excluding carboxylic acids is 2. The summed E-state index contributed by atoms with van der Waals surface area (Å²) in [5.74, 6) is -1.30. The Bertz CT molecular complexity index is 1140. The molecule has 13 heteroatoms. The van der Waals surface area contributed by atoms with Crippen LogP contribution < -0.4 is 10.6 Å². The largest absolute Gasteiger partial charge is 0.404 e. The highest BCUT2D eigenvalue weighted by Crippen LogP contribution is 2.27. The first-order valence-corrected chi connectivity index (χ1v) is 9.89. The molecule has 1 aromatic carbocycles. The van der Waals surface area contributed by atoms with Gasteiger partial charge in [-0.1, -0.05) is 23.4 Å². The minimum atomic E-state index is -0.611. The maximum Gasteiger partial charge on any atom is 0.404 e. The minimum absolute atomic E-state index is 0.0124. The average Bonchev–Trinajstić information content (AvgIpc) is 3.31. The van der Waals surface area contributed by atoms with Crippen LogP contribution in [0.3, 0.4) is 0 Å². The minimum Gasteiger partial charge on any atom is -0.358 e. The zero-order valence-electron chi connectivity index (χ0n) is 16.6. The van der Waals surface area contributed by atoms with Gasteiger partial charge in [-0.3, -0.25) is 9.59 Å². The number of nitrogens with one attached hydrogen (secondary N) is 2. The molecular formula is C18H18BrN7O5. The second-order valence-electron chi connectivity index (χ2n) is 6.48. The third-order valence-corrected chi connectivity index (χ3v) is 5.26. The SMILES string of the molecule is Cc1ccccc1C(=O)NCCNC(=O)c1nc(Cn2nc([N+](=O)[O-])c(Br)c2C)no1. The molecule has 0 fully saturated rings. The number of carbonyl (C=O) groups is 2. The van der Waals surface area contributed by atoms with Gasteiger partial charge < -0.3 is 25.3 Å². The Morgan fingerprint density at radius 3 is 2.52 bits per heavy atom. The molecule has 2 aromatic heterocycles. The lowest BCUT2D eigenvalue weighted by atomic mass is 10.1. The molecule has 3 rings (SSSR count). The number of hydrogen-bond donors (Lipinski definition) is 2. The third kappa shape index (κ3) is 5.12. The maximum atomic E-state index is 12.2. The standard InChI is InChI=1S/C18H18BrN7O5/c1-10-5-3-4-6-12(10)16(27)20-7-8-21-17(28)18-22-13(24-31-18)9-25-11(2)14(19)15(23-25)26(29)30/h3-6H,7-9H2,1-2H3,(H,20,27)(H,21,28). The van der Waals surface area contributed by atoms with Crippen LogP contribution in [0.1, 0.15) is 38.1 Å². The van der Waals surface area contributed by atoms with E-state index in [-0.39, 0.29) is 47.5 Å². The van der Waals surface area contributed by atoms with E-state index in [9.17, 15) is 19.7 Å². The topological polar surface area (TPSA) is 158 Å². The number of amides is 2. The Balaban J connectivity index is 1.51. The van der Waals surface area contributed by atoms with Gasteiger partial charge in [0, 0.05) is 18.7 Å².